The lowest BCUT2D eigenvalue weighted by molar-refractivity contribution is 0.0515. The highest BCUT2D eigenvalue weighted by atomic mass is 16.3. The van der Waals surface area contributed by atoms with Crippen LogP contribution in [0.5, 0.6) is 0 Å². The van der Waals surface area contributed by atoms with E-state index in [-0.39, 0.29) is 5.60 Å². The summed E-state index contributed by atoms with van der Waals surface area (Å²) in [6.07, 6.45) is 4.99. The van der Waals surface area contributed by atoms with Crippen LogP contribution in [0.3, 0.4) is 0 Å². The predicted molar refractivity (Wildman–Crippen MR) is 45.2 cm³/mol. The first-order valence-electron chi connectivity index (χ1n) is 4.87. The van der Waals surface area contributed by atoms with Gasteiger partial charge in [0.15, 0.2) is 0 Å². The van der Waals surface area contributed by atoms with E-state index in [1.807, 2.05) is 0 Å². The normalized spacial score (nSPS) is 56.5. The van der Waals surface area contributed by atoms with Crippen molar-refractivity contribution in [2.45, 2.75) is 45.1 Å². The second-order valence-electron chi connectivity index (χ2n) is 4.61. The van der Waals surface area contributed by atoms with Gasteiger partial charge in [-0.05, 0) is 30.6 Å². The number of aliphatic hydroxyl groups is 1. The Labute approximate surface area is 68.8 Å². The minimum atomic E-state index is -0.240. The zero-order valence-electron chi connectivity index (χ0n) is 7.51. The molecule has 2 fully saturated rings. The average molecular weight is 154 g/mol. The molecule has 1 heteroatoms. The monoisotopic (exact) mass is 154 g/mol. The highest BCUT2D eigenvalue weighted by molar-refractivity contribution is 5.07. The predicted octanol–water partition coefficient (Wildman–Crippen LogP) is 2.19. The van der Waals surface area contributed by atoms with Crippen molar-refractivity contribution in [3.8, 4) is 0 Å². The van der Waals surface area contributed by atoms with E-state index in [9.17, 15) is 5.11 Å². The lowest BCUT2D eigenvalue weighted by atomic mass is 9.89. The Morgan fingerprint density at radius 3 is 2.27 bits per heavy atom. The van der Waals surface area contributed by atoms with Crippen molar-refractivity contribution < 1.29 is 5.11 Å². The molecular formula is C10H18O. The first kappa shape index (κ1) is 7.60. The summed E-state index contributed by atoms with van der Waals surface area (Å²) in [6, 6.07) is 0. The quantitative estimate of drug-likeness (QED) is 0.614. The van der Waals surface area contributed by atoms with E-state index in [2.05, 4.69) is 13.8 Å². The number of hydrogen-bond acceptors (Lipinski definition) is 1. The molecule has 0 heterocycles. The molecule has 1 nitrogen and oxygen atoms in total. The Morgan fingerprint density at radius 1 is 1.27 bits per heavy atom. The van der Waals surface area contributed by atoms with Crippen molar-refractivity contribution in [1.82, 2.24) is 0 Å². The molecule has 0 radical (unpaired) electrons. The fourth-order valence-electron chi connectivity index (χ4n) is 2.84. The number of hydrogen-bond donors (Lipinski definition) is 1. The minimum absolute atomic E-state index is 0.240. The van der Waals surface area contributed by atoms with Crippen molar-refractivity contribution in [3.63, 3.8) is 0 Å². The van der Waals surface area contributed by atoms with Crippen LogP contribution < -0.4 is 0 Å². The van der Waals surface area contributed by atoms with Gasteiger partial charge in [-0.15, -0.1) is 0 Å². The Bertz CT molecular complexity index is 166. The van der Waals surface area contributed by atoms with Crippen LogP contribution in [0.2, 0.25) is 0 Å². The highest BCUT2D eigenvalue weighted by Gasteiger charge is 2.56. The van der Waals surface area contributed by atoms with Gasteiger partial charge in [-0.2, -0.15) is 0 Å². The molecule has 2 saturated carbocycles. The smallest absolute Gasteiger partial charge is 0.0708 e. The summed E-state index contributed by atoms with van der Waals surface area (Å²) in [6.45, 7) is 4.46. The lowest BCUT2D eigenvalue weighted by Crippen LogP contribution is -2.26. The van der Waals surface area contributed by atoms with E-state index < -0.39 is 0 Å². The summed E-state index contributed by atoms with van der Waals surface area (Å²) in [5, 5.41) is 10.1. The van der Waals surface area contributed by atoms with Gasteiger partial charge in [0, 0.05) is 0 Å². The summed E-state index contributed by atoms with van der Waals surface area (Å²) >= 11 is 0. The van der Waals surface area contributed by atoms with Crippen LogP contribution in [0, 0.1) is 17.8 Å². The third-order valence-corrected chi connectivity index (χ3v) is 3.83. The highest BCUT2D eigenvalue weighted by Crippen LogP contribution is 2.55. The Kier molecular flexibility index (Phi) is 1.54. The SMILES string of the molecule is CC1CCCC1C1(O)CC1C. The Morgan fingerprint density at radius 2 is 1.91 bits per heavy atom. The summed E-state index contributed by atoms with van der Waals surface area (Å²) in [4.78, 5) is 0. The largest absolute Gasteiger partial charge is 0.389 e. The van der Waals surface area contributed by atoms with E-state index in [4.69, 9.17) is 0 Å². The molecule has 64 valence electrons. The second-order valence-corrected chi connectivity index (χ2v) is 4.61. The number of rotatable bonds is 1. The lowest BCUT2D eigenvalue weighted by Gasteiger charge is -2.22. The molecule has 0 amide bonds. The first-order chi connectivity index (χ1) is 5.14. The zero-order valence-corrected chi connectivity index (χ0v) is 7.51. The Hall–Kier alpha value is -0.0400. The molecule has 0 aliphatic heterocycles. The molecule has 2 rings (SSSR count). The van der Waals surface area contributed by atoms with Gasteiger partial charge in [-0.25, -0.2) is 0 Å². The van der Waals surface area contributed by atoms with Crippen molar-refractivity contribution in [1.29, 1.82) is 0 Å². The van der Waals surface area contributed by atoms with Crippen molar-refractivity contribution >= 4 is 0 Å². The second kappa shape index (κ2) is 2.22. The fraction of sp³-hybridized carbons (Fsp3) is 1.00. The molecular weight excluding hydrogens is 136 g/mol. The van der Waals surface area contributed by atoms with Gasteiger partial charge < -0.3 is 5.11 Å². The van der Waals surface area contributed by atoms with Gasteiger partial charge in [0.05, 0.1) is 5.60 Å². The van der Waals surface area contributed by atoms with E-state index in [1.165, 1.54) is 19.3 Å². The maximum atomic E-state index is 10.1. The molecule has 2 aliphatic carbocycles. The third-order valence-electron chi connectivity index (χ3n) is 3.83. The molecule has 0 aromatic heterocycles. The van der Waals surface area contributed by atoms with Crippen LogP contribution in [-0.2, 0) is 0 Å². The first-order valence-corrected chi connectivity index (χ1v) is 4.87. The van der Waals surface area contributed by atoms with Gasteiger partial charge in [-0.1, -0.05) is 26.7 Å². The van der Waals surface area contributed by atoms with Gasteiger partial charge in [-0.3, -0.25) is 0 Å². The van der Waals surface area contributed by atoms with Crippen LogP contribution in [0.15, 0.2) is 0 Å². The van der Waals surface area contributed by atoms with E-state index in [1.54, 1.807) is 0 Å². The summed E-state index contributed by atoms with van der Waals surface area (Å²) < 4.78 is 0. The minimum Gasteiger partial charge on any atom is -0.389 e. The van der Waals surface area contributed by atoms with Gasteiger partial charge >= 0.3 is 0 Å². The van der Waals surface area contributed by atoms with E-state index in [0.717, 1.165) is 12.3 Å². The Balaban J connectivity index is 2.05. The van der Waals surface area contributed by atoms with Crippen LogP contribution in [0.25, 0.3) is 0 Å². The summed E-state index contributed by atoms with van der Waals surface area (Å²) in [5.74, 6) is 1.97. The molecule has 0 aromatic rings. The van der Waals surface area contributed by atoms with Crippen molar-refractivity contribution in [2.75, 3.05) is 0 Å². The van der Waals surface area contributed by atoms with Gasteiger partial charge in [0.25, 0.3) is 0 Å². The molecule has 1 N–H and O–H groups in total. The van der Waals surface area contributed by atoms with Crippen molar-refractivity contribution in [2.24, 2.45) is 17.8 Å². The fourth-order valence-corrected chi connectivity index (χ4v) is 2.84. The topological polar surface area (TPSA) is 20.2 Å². The van der Waals surface area contributed by atoms with Crippen LogP contribution in [0.4, 0.5) is 0 Å². The van der Waals surface area contributed by atoms with E-state index >= 15 is 0 Å². The molecule has 0 aromatic carbocycles. The molecule has 11 heavy (non-hydrogen) atoms. The molecule has 0 bridgehead atoms. The molecule has 4 atom stereocenters. The molecule has 4 unspecified atom stereocenters. The van der Waals surface area contributed by atoms with Crippen molar-refractivity contribution in [3.05, 3.63) is 0 Å². The van der Waals surface area contributed by atoms with Crippen LogP contribution in [-0.4, -0.2) is 10.7 Å². The molecule has 0 spiro atoms. The van der Waals surface area contributed by atoms with E-state index in [0.29, 0.717) is 11.8 Å². The van der Waals surface area contributed by atoms with Crippen LogP contribution in [0.1, 0.15) is 39.5 Å². The summed E-state index contributed by atoms with van der Waals surface area (Å²) in [7, 11) is 0. The van der Waals surface area contributed by atoms with Gasteiger partial charge in [0.1, 0.15) is 0 Å². The summed E-state index contributed by atoms with van der Waals surface area (Å²) in [5.41, 5.74) is -0.240. The molecule has 0 saturated heterocycles. The van der Waals surface area contributed by atoms with Gasteiger partial charge in [0.2, 0.25) is 0 Å². The van der Waals surface area contributed by atoms with Crippen LogP contribution >= 0.6 is 0 Å². The standard InChI is InChI=1S/C10H18O/c1-7-4-3-5-9(7)10(11)6-8(10)2/h7-9,11H,3-6H2,1-2H3. The molecule has 2 aliphatic rings. The maximum absolute atomic E-state index is 10.1. The average Bonchev–Trinajstić information content (AvgIpc) is 2.43. The third kappa shape index (κ3) is 1.01. The zero-order chi connectivity index (χ0) is 8.06. The maximum Gasteiger partial charge on any atom is 0.0708 e.